The molecule has 3 N–H and O–H groups in total. The van der Waals surface area contributed by atoms with Crippen LogP contribution in [0.1, 0.15) is 29.1 Å². The Morgan fingerprint density at radius 3 is 2.61 bits per heavy atom. The summed E-state index contributed by atoms with van der Waals surface area (Å²) in [5.74, 6) is -0.519. The van der Waals surface area contributed by atoms with Crippen LogP contribution in [0.2, 0.25) is 5.02 Å². The van der Waals surface area contributed by atoms with Crippen LogP contribution in [0.4, 0.5) is 5.82 Å². The molecule has 10 heteroatoms. The van der Waals surface area contributed by atoms with E-state index < -0.39 is 11.9 Å². The summed E-state index contributed by atoms with van der Waals surface area (Å²) in [6.45, 7) is 1.79. The Balaban J connectivity index is 1.57. The van der Waals surface area contributed by atoms with Gasteiger partial charge in [-0.2, -0.15) is 5.10 Å². The number of hydrogen-bond donors (Lipinski definition) is 2. The maximum absolute atomic E-state index is 13.6. The lowest BCUT2D eigenvalue weighted by Gasteiger charge is -2.21. The van der Waals surface area contributed by atoms with Gasteiger partial charge in [-0.05, 0) is 36.6 Å². The number of fused-ring (bicyclic) bond motifs is 1. The van der Waals surface area contributed by atoms with Gasteiger partial charge in [0.15, 0.2) is 11.5 Å². The molecular formula is C26H22ClN7O2. The molecule has 0 fully saturated rings. The number of hydrogen-bond acceptors (Lipinski definition) is 6. The van der Waals surface area contributed by atoms with Gasteiger partial charge in [0.1, 0.15) is 0 Å². The zero-order valence-corrected chi connectivity index (χ0v) is 20.3. The van der Waals surface area contributed by atoms with Crippen LogP contribution in [0.3, 0.4) is 0 Å². The molecular weight excluding hydrogens is 478 g/mol. The number of nitrogens with zero attached hydrogens (tertiary/aromatic N) is 5. The molecule has 1 unspecified atom stereocenters. The summed E-state index contributed by atoms with van der Waals surface area (Å²) in [6.07, 6.45) is 4.89. The normalized spacial score (nSPS) is 12.0. The van der Waals surface area contributed by atoms with Gasteiger partial charge < -0.3 is 11.1 Å². The zero-order chi connectivity index (χ0) is 25.4. The van der Waals surface area contributed by atoms with Crippen molar-refractivity contribution in [3.63, 3.8) is 0 Å². The van der Waals surface area contributed by atoms with Crippen LogP contribution in [0.5, 0.6) is 0 Å². The maximum Gasteiger partial charge on any atom is 0.274 e. The molecule has 0 radical (unpaired) electrons. The number of aromatic nitrogens is 5. The topological polar surface area (TPSA) is 121 Å². The molecule has 5 aromatic rings. The summed E-state index contributed by atoms with van der Waals surface area (Å²) in [7, 11) is 1.78. The predicted molar refractivity (Wildman–Crippen MR) is 139 cm³/mol. The highest BCUT2D eigenvalue weighted by Gasteiger charge is 2.22. The van der Waals surface area contributed by atoms with Crippen LogP contribution < -0.4 is 16.6 Å². The summed E-state index contributed by atoms with van der Waals surface area (Å²) < 4.78 is 3.18. The van der Waals surface area contributed by atoms with Crippen molar-refractivity contribution in [1.82, 2.24) is 29.6 Å². The van der Waals surface area contributed by atoms with Crippen LogP contribution in [0.25, 0.3) is 27.7 Å². The van der Waals surface area contributed by atoms with Crippen LogP contribution in [-0.4, -0.2) is 30.2 Å². The molecule has 9 nitrogen and oxygen atoms in total. The van der Waals surface area contributed by atoms with Crippen molar-refractivity contribution in [3.05, 3.63) is 100.0 Å². The quantitative estimate of drug-likeness (QED) is 0.378. The van der Waals surface area contributed by atoms with E-state index in [1.165, 1.54) is 6.20 Å². The summed E-state index contributed by atoms with van der Waals surface area (Å²) in [4.78, 5) is 35.4. The molecule has 0 aliphatic heterocycles. The molecule has 3 aromatic heterocycles. The van der Waals surface area contributed by atoms with E-state index in [0.717, 1.165) is 0 Å². The second kappa shape index (κ2) is 9.27. The van der Waals surface area contributed by atoms with E-state index in [9.17, 15) is 9.59 Å². The van der Waals surface area contributed by atoms with Crippen LogP contribution in [0, 0.1) is 0 Å². The van der Waals surface area contributed by atoms with Gasteiger partial charge in [0.2, 0.25) is 0 Å². The summed E-state index contributed by atoms with van der Waals surface area (Å²) >= 11 is 6.38. The van der Waals surface area contributed by atoms with Crippen molar-refractivity contribution in [2.75, 3.05) is 5.73 Å². The molecule has 180 valence electrons. The number of nitrogens with one attached hydrogen (secondary N) is 1. The van der Waals surface area contributed by atoms with Gasteiger partial charge >= 0.3 is 0 Å². The Labute approximate surface area is 211 Å². The molecule has 0 spiro atoms. The fourth-order valence-corrected chi connectivity index (χ4v) is 4.36. The molecule has 0 saturated heterocycles. The van der Waals surface area contributed by atoms with Gasteiger partial charge in [-0.3, -0.25) is 18.8 Å². The minimum absolute atomic E-state index is 0.00177. The van der Waals surface area contributed by atoms with Crippen molar-refractivity contribution in [3.8, 4) is 16.9 Å². The molecule has 2 aromatic carbocycles. The first-order chi connectivity index (χ1) is 17.3. The number of nitrogen functional groups attached to an aromatic ring is 1. The monoisotopic (exact) mass is 499 g/mol. The largest absolute Gasteiger partial charge is 0.382 e. The molecule has 3 heterocycles. The molecule has 0 bridgehead atoms. The number of benzene rings is 2. The van der Waals surface area contributed by atoms with Gasteiger partial charge in [0.25, 0.3) is 11.5 Å². The first kappa shape index (κ1) is 23.3. The van der Waals surface area contributed by atoms with Gasteiger partial charge in [0.05, 0.1) is 34.5 Å². The van der Waals surface area contributed by atoms with Gasteiger partial charge in [-0.15, -0.1) is 0 Å². The second-order valence-corrected chi connectivity index (χ2v) is 8.74. The van der Waals surface area contributed by atoms with E-state index in [-0.39, 0.29) is 17.1 Å². The highest BCUT2D eigenvalue weighted by molar-refractivity contribution is 6.35. The number of aryl methyl sites for hydroxylation is 1. The van der Waals surface area contributed by atoms with Gasteiger partial charge in [-0.1, -0.05) is 41.9 Å². The van der Waals surface area contributed by atoms with Crippen molar-refractivity contribution in [2.24, 2.45) is 7.05 Å². The van der Waals surface area contributed by atoms with Crippen molar-refractivity contribution in [1.29, 1.82) is 0 Å². The fourth-order valence-electron chi connectivity index (χ4n) is 4.10. The van der Waals surface area contributed by atoms with Crippen LogP contribution >= 0.6 is 11.6 Å². The van der Waals surface area contributed by atoms with Crippen molar-refractivity contribution in [2.45, 2.75) is 13.0 Å². The van der Waals surface area contributed by atoms with Crippen LogP contribution in [-0.2, 0) is 7.05 Å². The summed E-state index contributed by atoms with van der Waals surface area (Å²) in [6, 6.07) is 15.7. The molecule has 0 aliphatic rings. The first-order valence-corrected chi connectivity index (χ1v) is 11.5. The number of para-hydroxylation sites is 1. The Hall–Kier alpha value is -4.50. The van der Waals surface area contributed by atoms with E-state index in [0.29, 0.717) is 38.4 Å². The zero-order valence-electron chi connectivity index (χ0n) is 19.5. The van der Waals surface area contributed by atoms with E-state index >= 15 is 0 Å². The first-order valence-electron chi connectivity index (χ1n) is 11.2. The highest BCUT2D eigenvalue weighted by Crippen LogP contribution is 2.26. The predicted octanol–water partition coefficient (Wildman–Crippen LogP) is 3.91. The molecule has 0 saturated carbocycles. The Morgan fingerprint density at radius 1 is 1.11 bits per heavy atom. The fraction of sp³-hybridized carbons (Fsp3) is 0.115. The number of amides is 1. The molecule has 0 aliphatic carbocycles. The third-order valence-electron chi connectivity index (χ3n) is 5.85. The number of anilines is 1. The lowest BCUT2D eigenvalue weighted by molar-refractivity contribution is 0.0934. The number of nitrogens with two attached hydrogens (primary N) is 1. The Morgan fingerprint density at radius 2 is 1.89 bits per heavy atom. The molecule has 36 heavy (non-hydrogen) atoms. The smallest absolute Gasteiger partial charge is 0.274 e. The third kappa shape index (κ3) is 4.20. The number of carbonyl (C=O) groups is 1. The molecule has 5 rings (SSSR count). The SMILES string of the molecule is CC(NC(=O)c1nc(-c2cnn(C)c2)cnc1N)c1cc2cccc(Cl)c2c(=O)n1-c1ccccc1. The van der Waals surface area contributed by atoms with E-state index in [1.807, 2.05) is 42.5 Å². The van der Waals surface area contributed by atoms with Crippen molar-refractivity contribution >= 4 is 34.1 Å². The lowest BCUT2D eigenvalue weighted by atomic mass is 10.1. The van der Waals surface area contributed by atoms with Crippen molar-refractivity contribution < 1.29 is 4.79 Å². The van der Waals surface area contributed by atoms with Crippen LogP contribution in [0.15, 0.2) is 78.0 Å². The average Bonchev–Trinajstić information content (AvgIpc) is 3.30. The average molecular weight is 500 g/mol. The standard InChI is InChI=1S/C26H22ClN7O2/c1-15(31-25(35)23-24(28)29-13-20(32-23)17-12-30-33(2)14-17)21-11-16-7-6-10-19(27)22(16)26(36)34(21)18-8-4-3-5-9-18/h3-15H,1-2H3,(H2,28,29)(H,31,35). The third-order valence-corrected chi connectivity index (χ3v) is 6.16. The Bertz CT molecular complexity index is 1660. The molecule has 1 amide bonds. The second-order valence-electron chi connectivity index (χ2n) is 8.34. The number of rotatable bonds is 5. The van der Waals surface area contributed by atoms with Gasteiger partial charge in [-0.25, -0.2) is 9.97 Å². The van der Waals surface area contributed by atoms with E-state index in [2.05, 4.69) is 20.4 Å². The Kier molecular flexibility index (Phi) is 5.99. The number of pyridine rings is 1. The van der Waals surface area contributed by atoms with E-state index in [4.69, 9.17) is 17.3 Å². The summed E-state index contributed by atoms with van der Waals surface area (Å²) in [5.41, 5.74) is 8.11. The highest BCUT2D eigenvalue weighted by atomic mass is 35.5. The maximum atomic E-state index is 13.6. The van der Waals surface area contributed by atoms with Gasteiger partial charge in [0, 0.05) is 30.2 Å². The summed E-state index contributed by atoms with van der Waals surface area (Å²) in [5, 5.41) is 8.49. The lowest BCUT2D eigenvalue weighted by Crippen LogP contribution is -2.33. The molecule has 1 atom stereocenters. The van der Waals surface area contributed by atoms with E-state index in [1.54, 1.807) is 47.7 Å². The minimum atomic E-state index is -0.586. The number of carbonyl (C=O) groups excluding carboxylic acids is 1. The number of halogens is 1. The minimum Gasteiger partial charge on any atom is -0.382 e.